The Bertz CT molecular complexity index is 1010. The molecule has 0 heterocycles. The lowest BCUT2D eigenvalue weighted by Crippen LogP contribution is -2.25. The molecule has 3 rings (SSSR count). The molecular formula is C22H22FNO3S. The molecule has 146 valence electrons. The molecule has 0 spiro atoms. The van der Waals surface area contributed by atoms with Gasteiger partial charge in [0.15, 0.2) is 0 Å². The van der Waals surface area contributed by atoms with E-state index in [1.807, 2.05) is 54.6 Å². The smallest absolute Gasteiger partial charge is 0.216 e. The van der Waals surface area contributed by atoms with Gasteiger partial charge in [0.1, 0.15) is 5.82 Å². The average Bonchev–Trinajstić information content (AvgIpc) is 2.70. The van der Waals surface area contributed by atoms with Crippen LogP contribution in [0, 0.1) is 5.82 Å². The highest BCUT2D eigenvalue weighted by molar-refractivity contribution is 7.88. The van der Waals surface area contributed by atoms with Gasteiger partial charge in [0.25, 0.3) is 0 Å². The van der Waals surface area contributed by atoms with E-state index in [1.165, 1.54) is 18.2 Å². The van der Waals surface area contributed by atoms with E-state index in [1.54, 1.807) is 6.07 Å². The van der Waals surface area contributed by atoms with Gasteiger partial charge in [-0.2, -0.15) is 0 Å². The third kappa shape index (κ3) is 5.99. The lowest BCUT2D eigenvalue weighted by atomic mass is 10.1. The summed E-state index contributed by atoms with van der Waals surface area (Å²) in [4.78, 5) is 0. The maximum atomic E-state index is 13.7. The Morgan fingerprint density at radius 1 is 0.750 bits per heavy atom. The molecule has 0 bridgehead atoms. The van der Waals surface area contributed by atoms with Crippen molar-refractivity contribution in [3.05, 3.63) is 107 Å². The van der Waals surface area contributed by atoms with Crippen molar-refractivity contribution in [1.82, 2.24) is 4.72 Å². The molecule has 3 aromatic carbocycles. The van der Waals surface area contributed by atoms with Gasteiger partial charge in [-0.15, -0.1) is 0 Å². The van der Waals surface area contributed by atoms with Gasteiger partial charge in [0.2, 0.25) is 10.0 Å². The van der Waals surface area contributed by atoms with Crippen molar-refractivity contribution in [2.45, 2.75) is 25.5 Å². The van der Waals surface area contributed by atoms with Crippen LogP contribution in [-0.2, 0) is 40.3 Å². The van der Waals surface area contributed by atoms with E-state index in [0.29, 0.717) is 13.2 Å². The van der Waals surface area contributed by atoms with E-state index in [4.69, 9.17) is 4.74 Å². The number of benzene rings is 3. The quantitative estimate of drug-likeness (QED) is 0.588. The molecule has 0 aliphatic carbocycles. The van der Waals surface area contributed by atoms with Gasteiger partial charge in [-0.05, 0) is 22.8 Å². The van der Waals surface area contributed by atoms with Gasteiger partial charge >= 0.3 is 0 Å². The van der Waals surface area contributed by atoms with E-state index in [9.17, 15) is 12.8 Å². The van der Waals surface area contributed by atoms with Crippen LogP contribution in [0.25, 0.3) is 0 Å². The summed E-state index contributed by atoms with van der Waals surface area (Å²) in [5.74, 6) is -0.922. The van der Waals surface area contributed by atoms with Gasteiger partial charge in [-0.1, -0.05) is 72.8 Å². The van der Waals surface area contributed by atoms with Crippen LogP contribution in [0.5, 0.6) is 0 Å². The number of hydrogen-bond donors (Lipinski definition) is 1. The molecule has 4 nitrogen and oxygen atoms in total. The van der Waals surface area contributed by atoms with Gasteiger partial charge in [0.05, 0.1) is 19.0 Å². The summed E-state index contributed by atoms with van der Waals surface area (Å²) in [6.45, 7) is 0.982. The van der Waals surface area contributed by atoms with E-state index in [0.717, 1.165) is 16.7 Å². The summed E-state index contributed by atoms with van der Waals surface area (Å²) < 4.78 is 46.7. The average molecular weight is 399 g/mol. The summed E-state index contributed by atoms with van der Waals surface area (Å²) >= 11 is 0. The van der Waals surface area contributed by atoms with Crippen LogP contribution >= 0.6 is 0 Å². The largest absolute Gasteiger partial charge is 0.372 e. The first-order valence-corrected chi connectivity index (χ1v) is 10.6. The first-order chi connectivity index (χ1) is 13.5. The van der Waals surface area contributed by atoms with Crippen molar-refractivity contribution in [3.63, 3.8) is 0 Å². The van der Waals surface area contributed by atoms with Gasteiger partial charge in [-0.3, -0.25) is 0 Å². The predicted octanol–water partition coefficient (Wildman–Crippen LogP) is 4.16. The molecule has 6 heteroatoms. The maximum absolute atomic E-state index is 13.7. The number of sulfonamides is 1. The lowest BCUT2D eigenvalue weighted by Gasteiger charge is -2.12. The molecule has 0 saturated heterocycles. The second-order valence-electron chi connectivity index (χ2n) is 6.42. The maximum Gasteiger partial charge on any atom is 0.216 e. The second kappa shape index (κ2) is 9.59. The lowest BCUT2D eigenvalue weighted by molar-refractivity contribution is 0.106. The first-order valence-electron chi connectivity index (χ1n) is 8.93. The van der Waals surface area contributed by atoms with Gasteiger partial charge in [0, 0.05) is 12.1 Å². The third-order valence-corrected chi connectivity index (χ3v) is 5.55. The van der Waals surface area contributed by atoms with E-state index < -0.39 is 21.6 Å². The van der Waals surface area contributed by atoms with Crippen molar-refractivity contribution in [2.75, 3.05) is 0 Å². The normalized spacial score (nSPS) is 11.5. The number of rotatable bonds is 9. The molecule has 0 fully saturated rings. The first kappa shape index (κ1) is 20.2. The molecule has 3 aromatic rings. The van der Waals surface area contributed by atoms with E-state index in [2.05, 4.69) is 4.72 Å². The predicted molar refractivity (Wildman–Crippen MR) is 107 cm³/mol. The van der Waals surface area contributed by atoms with Gasteiger partial charge in [-0.25, -0.2) is 17.5 Å². The fraction of sp³-hybridized carbons (Fsp3) is 0.182. The van der Waals surface area contributed by atoms with Crippen LogP contribution in [0.15, 0.2) is 78.9 Å². The molecule has 0 aromatic heterocycles. The Morgan fingerprint density at radius 2 is 1.36 bits per heavy atom. The molecule has 0 radical (unpaired) electrons. The molecule has 0 aliphatic rings. The van der Waals surface area contributed by atoms with E-state index >= 15 is 0 Å². The van der Waals surface area contributed by atoms with Crippen LogP contribution < -0.4 is 4.72 Å². The fourth-order valence-electron chi connectivity index (χ4n) is 2.78. The number of ether oxygens (including phenoxy) is 1. The minimum Gasteiger partial charge on any atom is -0.372 e. The molecule has 0 saturated carbocycles. The van der Waals surface area contributed by atoms with Crippen LogP contribution in [0.2, 0.25) is 0 Å². The van der Waals surface area contributed by atoms with Crippen LogP contribution in [-0.4, -0.2) is 8.42 Å². The SMILES string of the molecule is O=S(=O)(Cc1ccccc1F)NCc1ccccc1COCc1ccccc1. The minimum absolute atomic E-state index is 0.127. The summed E-state index contributed by atoms with van der Waals surface area (Å²) in [5.41, 5.74) is 2.96. The molecular weight excluding hydrogens is 377 g/mol. The second-order valence-corrected chi connectivity index (χ2v) is 8.23. The Labute approximate surface area is 165 Å². The highest BCUT2D eigenvalue weighted by Gasteiger charge is 2.15. The minimum atomic E-state index is -3.67. The van der Waals surface area contributed by atoms with Crippen molar-refractivity contribution in [2.24, 2.45) is 0 Å². The van der Waals surface area contributed by atoms with E-state index in [-0.39, 0.29) is 12.1 Å². The van der Waals surface area contributed by atoms with Crippen LogP contribution in [0.1, 0.15) is 22.3 Å². The molecule has 1 N–H and O–H groups in total. The third-order valence-electron chi connectivity index (χ3n) is 4.27. The fourth-order valence-corrected chi connectivity index (χ4v) is 3.90. The highest BCUT2D eigenvalue weighted by Crippen LogP contribution is 2.14. The Morgan fingerprint density at radius 3 is 2.07 bits per heavy atom. The van der Waals surface area contributed by atoms with Crippen molar-refractivity contribution < 1.29 is 17.5 Å². The zero-order valence-corrected chi connectivity index (χ0v) is 16.2. The summed E-state index contributed by atoms with van der Waals surface area (Å²) in [5, 5.41) is 0. The topological polar surface area (TPSA) is 55.4 Å². The Balaban J connectivity index is 1.59. The molecule has 0 aliphatic heterocycles. The van der Waals surface area contributed by atoms with Gasteiger partial charge < -0.3 is 4.74 Å². The zero-order chi connectivity index (χ0) is 19.8. The molecule has 0 atom stereocenters. The zero-order valence-electron chi connectivity index (χ0n) is 15.3. The van der Waals surface area contributed by atoms with Crippen molar-refractivity contribution in [3.8, 4) is 0 Å². The van der Waals surface area contributed by atoms with Crippen LogP contribution in [0.4, 0.5) is 4.39 Å². The number of halogens is 1. The standard InChI is InChI=1S/C22H22FNO3S/c23-22-13-7-6-12-21(22)17-28(25,26)24-14-19-10-4-5-11-20(19)16-27-15-18-8-2-1-3-9-18/h1-13,24H,14-17H2. The molecule has 0 amide bonds. The summed E-state index contributed by atoms with van der Waals surface area (Å²) in [6, 6.07) is 23.2. The Hall–Kier alpha value is -2.54. The summed E-state index contributed by atoms with van der Waals surface area (Å²) in [6.07, 6.45) is 0. The van der Waals surface area contributed by atoms with Crippen molar-refractivity contribution >= 4 is 10.0 Å². The molecule has 0 unspecified atom stereocenters. The monoisotopic (exact) mass is 399 g/mol. The molecule has 28 heavy (non-hydrogen) atoms. The number of nitrogens with one attached hydrogen (secondary N) is 1. The highest BCUT2D eigenvalue weighted by atomic mass is 32.2. The van der Waals surface area contributed by atoms with Crippen LogP contribution in [0.3, 0.4) is 0 Å². The summed E-state index contributed by atoms with van der Waals surface area (Å²) in [7, 11) is -3.67. The Kier molecular flexibility index (Phi) is 6.92. The van der Waals surface area contributed by atoms with Crippen molar-refractivity contribution in [1.29, 1.82) is 0 Å². The number of hydrogen-bond acceptors (Lipinski definition) is 3.